The van der Waals surface area contributed by atoms with Gasteiger partial charge in [0.05, 0.1) is 0 Å². The van der Waals surface area contributed by atoms with Gasteiger partial charge in [0.2, 0.25) is 6.79 Å². The quantitative estimate of drug-likeness (QED) is 0.853. The molecule has 0 saturated carbocycles. The van der Waals surface area contributed by atoms with Crippen LogP contribution in [0.3, 0.4) is 0 Å². The average Bonchev–Trinajstić information content (AvgIpc) is 3.03. The van der Waals surface area contributed by atoms with E-state index in [1.165, 1.54) is 5.56 Å². The molecule has 1 heterocycles. The lowest BCUT2D eigenvalue weighted by Crippen LogP contribution is -2.31. The first kappa shape index (κ1) is 14.9. The Kier molecular flexibility index (Phi) is 4.93. The van der Waals surface area contributed by atoms with Crippen LogP contribution in [0.25, 0.3) is 0 Å². The molecular weight excluding hydrogens is 276 g/mol. The number of nitrogens with two attached hydrogens (primary N) is 1. The van der Waals surface area contributed by atoms with Crippen LogP contribution in [0.1, 0.15) is 11.1 Å². The maximum atomic E-state index is 5.77. The van der Waals surface area contributed by atoms with E-state index in [0.29, 0.717) is 13.3 Å². The van der Waals surface area contributed by atoms with Gasteiger partial charge in [-0.05, 0) is 18.1 Å². The Morgan fingerprint density at radius 1 is 0.955 bits per heavy atom. The van der Waals surface area contributed by atoms with E-state index in [0.717, 1.165) is 43.1 Å². The van der Waals surface area contributed by atoms with Crippen molar-refractivity contribution in [3.63, 3.8) is 0 Å². The molecule has 0 aliphatic carbocycles. The molecule has 3 rings (SSSR count). The number of benzene rings is 2. The van der Waals surface area contributed by atoms with Crippen molar-refractivity contribution in [2.75, 3.05) is 26.4 Å². The summed E-state index contributed by atoms with van der Waals surface area (Å²) in [6.07, 6.45) is 1.02. The molecule has 22 heavy (non-hydrogen) atoms. The van der Waals surface area contributed by atoms with E-state index in [1.807, 2.05) is 18.2 Å². The van der Waals surface area contributed by atoms with Crippen molar-refractivity contribution in [3.8, 4) is 11.5 Å². The van der Waals surface area contributed by atoms with Gasteiger partial charge in [-0.15, -0.1) is 0 Å². The molecule has 116 valence electrons. The summed E-state index contributed by atoms with van der Waals surface area (Å²) < 4.78 is 11.0. The molecule has 0 bridgehead atoms. The first-order valence-electron chi connectivity index (χ1n) is 7.70. The van der Waals surface area contributed by atoms with Gasteiger partial charge in [0.15, 0.2) is 11.5 Å². The summed E-state index contributed by atoms with van der Waals surface area (Å²) in [6.45, 7) is 3.65. The Balaban J connectivity index is 1.66. The fourth-order valence-corrected chi connectivity index (χ4v) is 2.74. The summed E-state index contributed by atoms with van der Waals surface area (Å²) in [5.41, 5.74) is 8.28. The second-order valence-corrected chi connectivity index (χ2v) is 5.45. The van der Waals surface area contributed by atoms with Gasteiger partial charge in [0.1, 0.15) is 0 Å². The number of ether oxygens (including phenoxy) is 2. The van der Waals surface area contributed by atoms with Gasteiger partial charge in [-0.1, -0.05) is 42.5 Å². The molecular formula is C18H22N2O2. The Hall–Kier alpha value is -2.04. The average molecular weight is 298 g/mol. The molecule has 4 nitrogen and oxygen atoms in total. The molecule has 0 saturated heterocycles. The van der Waals surface area contributed by atoms with Crippen LogP contribution >= 0.6 is 0 Å². The Labute approximate surface area is 131 Å². The van der Waals surface area contributed by atoms with Crippen LogP contribution in [-0.2, 0) is 13.0 Å². The molecule has 2 N–H and O–H groups in total. The molecule has 2 aromatic carbocycles. The van der Waals surface area contributed by atoms with Crippen molar-refractivity contribution < 1.29 is 9.47 Å². The zero-order valence-corrected chi connectivity index (χ0v) is 12.7. The zero-order chi connectivity index (χ0) is 15.2. The highest BCUT2D eigenvalue weighted by atomic mass is 16.7. The first-order valence-corrected chi connectivity index (χ1v) is 7.70. The Morgan fingerprint density at radius 3 is 2.64 bits per heavy atom. The SMILES string of the molecule is NCCN(CCc1ccccc1)Cc1cccc2c1OCO2. The van der Waals surface area contributed by atoms with E-state index in [1.54, 1.807) is 0 Å². The molecule has 2 aromatic rings. The molecule has 1 aliphatic rings. The van der Waals surface area contributed by atoms with E-state index < -0.39 is 0 Å². The molecule has 0 atom stereocenters. The van der Waals surface area contributed by atoms with Crippen molar-refractivity contribution in [3.05, 3.63) is 59.7 Å². The molecule has 1 aliphatic heterocycles. The fourth-order valence-electron chi connectivity index (χ4n) is 2.74. The lowest BCUT2D eigenvalue weighted by Gasteiger charge is -2.22. The number of fused-ring (bicyclic) bond motifs is 1. The lowest BCUT2D eigenvalue weighted by atomic mass is 10.1. The summed E-state index contributed by atoms with van der Waals surface area (Å²) in [6, 6.07) is 16.6. The zero-order valence-electron chi connectivity index (χ0n) is 12.7. The van der Waals surface area contributed by atoms with Crippen LogP contribution in [0.2, 0.25) is 0 Å². The molecule has 0 fully saturated rings. The number of nitrogens with zero attached hydrogens (tertiary/aromatic N) is 1. The first-order chi connectivity index (χ1) is 10.9. The summed E-state index contributed by atoms with van der Waals surface area (Å²) in [7, 11) is 0. The maximum absolute atomic E-state index is 5.77. The smallest absolute Gasteiger partial charge is 0.231 e. The largest absolute Gasteiger partial charge is 0.454 e. The maximum Gasteiger partial charge on any atom is 0.231 e. The highest BCUT2D eigenvalue weighted by Gasteiger charge is 2.18. The third-order valence-electron chi connectivity index (χ3n) is 3.88. The summed E-state index contributed by atoms with van der Waals surface area (Å²) >= 11 is 0. The van der Waals surface area contributed by atoms with Crippen LogP contribution in [0.15, 0.2) is 48.5 Å². The molecule has 4 heteroatoms. The standard InChI is InChI=1S/C18H22N2O2/c19-10-12-20(11-9-15-5-2-1-3-6-15)13-16-7-4-8-17-18(16)22-14-21-17/h1-8H,9-14,19H2. The van der Waals surface area contributed by atoms with Crippen LogP contribution in [0.5, 0.6) is 11.5 Å². The van der Waals surface area contributed by atoms with Gasteiger partial charge in [0.25, 0.3) is 0 Å². The topological polar surface area (TPSA) is 47.7 Å². The molecule has 0 aromatic heterocycles. The third-order valence-corrected chi connectivity index (χ3v) is 3.88. The fraction of sp³-hybridized carbons (Fsp3) is 0.333. The van der Waals surface area contributed by atoms with Gasteiger partial charge in [0, 0.05) is 31.7 Å². The Bertz CT molecular complexity index is 601. The minimum absolute atomic E-state index is 0.313. The summed E-state index contributed by atoms with van der Waals surface area (Å²) in [5.74, 6) is 1.72. The number of rotatable bonds is 7. The van der Waals surface area contributed by atoms with Crippen molar-refractivity contribution in [1.29, 1.82) is 0 Å². The predicted octanol–water partition coefficient (Wildman–Crippen LogP) is 2.42. The van der Waals surface area contributed by atoms with E-state index in [-0.39, 0.29) is 0 Å². The van der Waals surface area contributed by atoms with Crippen LogP contribution in [0.4, 0.5) is 0 Å². The molecule has 0 amide bonds. The predicted molar refractivity (Wildman–Crippen MR) is 87.0 cm³/mol. The van der Waals surface area contributed by atoms with Crippen molar-refractivity contribution in [2.45, 2.75) is 13.0 Å². The van der Waals surface area contributed by atoms with E-state index in [4.69, 9.17) is 15.2 Å². The number of hydrogen-bond acceptors (Lipinski definition) is 4. The van der Waals surface area contributed by atoms with Gasteiger partial charge in [-0.25, -0.2) is 0 Å². The number of hydrogen-bond donors (Lipinski definition) is 1. The minimum Gasteiger partial charge on any atom is -0.454 e. The van der Waals surface area contributed by atoms with Gasteiger partial charge in [-0.2, -0.15) is 0 Å². The second kappa shape index (κ2) is 7.29. The van der Waals surface area contributed by atoms with Crippen LogP contribution in [-0.4, -0.2) is 31.3 Å². The van der Waals surface area contributed by atoms with Crippen LogP contribution in [0, 0.1) is 0 Å². The molecule has 0 unspecified atom stereocenters. The van der Waals surface area contributed by atoms with E-state index in [9.17, 15) is 0 Å². The molecule has 0 spiro atoms. The van der Waals surface area contributed by atoms with Crippen molar-refractivity contribution >= 4 is 0 Å². The third kappa shape index (κ3) is 3.59. The van der Waals surface area contributed by atoms with Gasteiger partial charge >= 0.3 is 0 Å². The Morgan fingerprint density at radius 2 is 1.82 bits per heavy atom. The second-order valence-electron chi connectivity index (χ2n) is 5.45. The van der Waals surface area contributed by atoms with Gasteiger partial charge in [-0.3, -0.25) is 4.90 Å². The minimum atomic E-state index is 0.313. The lowest BCUT2D eigenvalue weighted by molar-refractivity contribution is 0.172. The normalized spacial score (nSPS) is 12.8. The highest BCUT2D eigenvalue weighted by molar-refractivity contribution is 5.48. The monoisotopic (exact) mass is 298 g/mol. The van der Waals surface area contributed by atoms with E-state index in [2.05, 4.69) is 35.2 Å². The highest BCUT2D eigenvalue weighted by Crippen LogP contribution is 2.35. The van der Waals surface area contributed by atoms with Crippen LogP contribution < -0.4 is 15.2 Å². The van der Waals surface area contributed by atoms with E-state index >= 15 is 0 Å². The number of para-hydroxylation sites is 1. The van der Waals surface area contributed by atoms with Crippen molar-refractivity contribution in [2.24, 2.45) is 5.73 Å². The van der Waals surface area contributed by atoms with Gasteiger partial charge < -0.3 is 15.2 Å². The molecule has 0 radical (unpaired) electrons. The van der Waals surface area contributed by atoms with Crippen molar-refractivity contribution in [1.82, 2.24) is 4.90 Å². The summed E-state index contributed by atoms with van der Waals surface area (Å²) in [4.78, 5) is 2.37. The summed E-state index contributed by atoms with van der Waals surface area (Å²) in [5, 5.41) is 0.